The van der Waals surface area contributed by atoms with Crippen LogP contribution in [0, 0.1) is 13.8 Å². The highest BCUT2D eigenvalue weighted by atomic mass is 32.2. The number of hydrogen-bond acceptors (Lipinski definition) is 5. The molecule has 174 valence electrons. The number of rotatable bonds is 6. The first-order valence-corrected chi connectivity index (χ1v) is 13.5. The number of hydrogen-bond donors (Lipinski definition) is 1. The van der Waals surface area contributed by atoms with Gasteiger partial charge in [-0.25, -0.2) is 13.4 Å². The van der Waals surface area contributed by atoms with Gasteiger partial charge in [0.25, 0.3) is 5.91 Å². The number of aromatic nitrogens is 1. The predicted octanol–water partition coefficient (Wildman–Crippen LogP) is 5.63. The average molecular weight is 484 g/mol. The van der Waals surface area contributed by atoms with E-state index in [-0.39, 0.29) is 16.8 Å². The van der Waals surface area contributed by atoms with Crippen molar-refractivity contribution < 1.29 is 13.2 Å². The van der Waals surface area contributed by atoms with E-state index in [0.29, 0.717) is 10.7 Å². The minimum Gasteiger partial charge on any atom is -0.298 e. The van der Waals surface area contributed by atoms with Crippen molar-refractivity contribution in [3.05, 3.63) is 64.5 Å². The van der Waals surface area contributed by atoms with Crippen LogP contribution < -0.4 is 5.32 Å². The predicted molar refractivity (Wildman–Crippen MR) is 133 cm³/mol. The van der Waals surface area contributed by atoms with Crippen molar-refractivity contribution in [1.29, 1.82) is 0 Å². The molecular weight excluding hydrogens is 454 g/mol. The molecule has 1 fully saturated rings. The van der Waals surface area contributed by atoms with Crippen molar-refractivity contribution >= 4 is 32.4 Å². The number of nitrogens with one attached hydrogen (secondary N) is 1. The Morgan fingerprint density at radius 3 is 2.42 bits per heavy atom. The highest BCUT2D eigenvalue weighted by molar-refractivity contribution is 7.89. The molecule has 1 aliphatic carbocycles. The molecule has 33 heavy (non-hydrogen) atoms. The second-order valence-electron chi connectivity index (χ2n) is 8.65. The van der Waals surface area contributed by atoms with E-state index in [4.69, 9.17) is 0 Å². The number of benzene rings is 2. The van der Waals surface area contributed by atoms with Gasteiger partial charge < -0.3 is 0 Å². The fraction of sp³-hybridized carbons (Fsp3) is 0.360. The quantitative estimate of drug-likeness (QED) is 0.493. The number of carbonyl (C=O) groups is 1. The van der Waals surface area contributed by atoms with Crippen LogP contribution in [0.4, 0.5) is 5.13 Å². The fourth-order valence-corrected chi connectivity index (χ4v) is 6.43. The Morgan fingerprint density at radius 2 is 1.76 bits per heavy atom. The lowest BCUT2D eigenvalue weighted by molar-refractivity contribution is 0.102. The van der Waals surface area contributed by atoms with Crippen molar-refractivity contribution in [2.24, 2.45) is 0 Å². The molecule has 2 aromatic carbocycles. The van der Waals surface area contributed by atoms with Crippen LogP contribution in [-0.4, -0.2) is 36.7 Å². The van der Waals surface area contributed by atoms with Crippen LogP contribution in [0.15, 0.2) is 52.7 Å². The number of thiazole rings is 1. The summed E-state index contributed by atoms with van der Waals surface area (Å²) >= 11 is 1.36. The van der Waals surface area contributed by atoms with Gasteiger partial charge in [0.05, 0.1) is 10.6 Å². The van der Waals surface area contributed by atoms with Gasteiger partial charge in [0.2, 0.25) is 10.0 Å². The molecule has 0 saturated heterocycles. The molecule has 0 spiro atoms. The molecule has 1 aromatic heterocycles. The summed E-state index contributed by atoms with van der Waals surface area (Å²) in [5.74, 6) is -0.318. The second-order valence-corrected chi connectivity index (χ2v) is 11.5. The number of amides is 1. The van der Waals surface area contributed by atoms with E-state index in [1.54, 1.807) is 19.2 Å². The van der Waals surface area contributed by atoms with E-state index < -0.39 is 10.0 Å². The molecule has 0 aliphatic heterocycles. The van der Waals surface area contributed by atoms with Crippen LogP contribution in [0.3, 0.4) is 0 Å². The zero-order chi connectivity index (χ0) is 23.6. The fourth-order valence-electron chi connectivity index (χ4n) is 4.31. The Bertz CT molecular complexity index is 1240. The molecule has 4 rings (SSSR count). The van der Waals surface area contributed by atoms with E-state index in [2.05, 4.69) is 16.4 Å². The van der Waals surface area contributed by atoms with Crippen molar-refractivity contribution in [3.8, 4) is 11.3 Å². The van der Waals surface area contributed by atoms with Gasteiger partial charge in [-0.3, -0.25) is 10.1 Å². The van der Waals surface area contributed by atoms with Crippen molar-refractivity contribution in [1.82, 2.24) is 9.29 Å². The molecule has 0 atom stereocenters. The summed E-state index contributed by atoms with van der Waals surface area (Å²) in [5, 5.41) is 5.24. The summed E-state index contributed by atoms with van der Waals surface area (Å²) < 4.78 is 27.5. The first-order chi connectivity index (χ1) is 15.8. The highest BCUT2D eigenvalue weighted by Gasteiger charge is 2.29. The van der Waals surface area contributed by atoms with Crippen LogP contribution in [0.1, 0.15) is 53.6 Å². The second kappa shape index (κ2) is 9.75. The third-order valence-corrected chi connectivity index (χ3v) is 8.95. The van der Waals surface area contributed by atoms with Crippen molar-refractivity contribution in [2.45, 2.75) is 56.9 Å². The maximum atomic E-state index is 13.0. The number of sulfonamides is 1. The molecule has 1 heterocycles. The third kappa shape index (κ3) is 5.18. The van der Waals surface area contributed by atoms with E-state index in [1.807, 2.05) is 31.4 Å². The minimum absolute atomic E-state index is 0.0444. The van der Waals surface area contributed by atoms with Crippen LogP contribution in [-0.2, 0) is 10.0 Å². The first-order valence-electron chi connectivity index (χ1n) is 11.2. The smallest absolute Gasteiger partial charge is 0.257 e. The van der Waals surface area contributed by atoms with Gasteiger partial charge in [-0.1, -0.05) is 43.0 Å². The SMILES string of the molecule is Cc1ccc(-c2csc(NC(=O)c3ccc(S(=O)(=O)N(C)C4CCCCC4)cc3)n2)c(C)c1. The zero-order valence-electron chi connectivity index (χ0n) is 19.2. The molecule has 0 unspecified atom stereocenters. The summed E-state index contributed by atoms with van der Waals surface area (Å²) in [6.45, 7) is 4.09. The van der Waals surface area contributed by atoms with Gasteiger partial charge in [-0.05, 0) is 56.5 Å². The molecule has 1 amide bonds. The maximum absolute atomic E-state index is 13.0. The molecule has 6 nitrogen and oxygen atoms in total. The Kier molecular flexibility index (Phi) is 6.97. The van der Waals surface area contributed by atoms with Gasteiger partial charge in [-0.2, -0.15) is 4.31 Å². The number of nitrogens with zero attached hydrogens (tertiary/aromatic N) is 2. The molecule has 0 radical (unpaired) electrons. The molecule has 8 heteroatoms. The Labute approximate surface area is 199 Å². The van der Waals surface area contributed by atoms with Crippen molar-refractivity contribution in [3.63, 3.8) is 0 Å². The molecule has 0 bridgehead atoms. The third-order valence-electron chi connectivity index (χ3n) is 6.26. The van der Waals surface area contributed by atoms with Crippen LogP contribution in [0.2, 0.25) is 0 Å². The number of carbonyl (C=O) groups excluding carboxylic acids is 1. The summed E-state index contributed by atoms with van der Waals surface area (Å²) in [5.41, 5.74) is 4.56. The van der Waals surface area contributed by atoms with E-state index in [1.165, 1.54) is 39.8 Å². The molecular formula is C25H29N3O3S2. The number of anilines is 1. The first kappa shape index (κ1) is 23.6. The standard InChI is InChI=1S/C25H29N3O3S2/c1-17-9-14-22(18(2)15-17)23-16-32-25(26-23)27-24(29)19-10-12-21(13-11-19)33(30,31)28(3)20-7-5-4-6-8-20/h9-16,20H,4-8H2,1-3H3,(H,26,27,29). The molecule has 3 aromatic rings. The lowest BCUT2D eigenvalue weighted by atomic mass is 9.96. The van der Waals surface area contributed by atoms with Crippen LogP contribution in [0.25, 0.3) is 11.3 Å². The summed E-state index contributed by atoms with van der Waals surface area (Å²) in [6.07, 6.45) is 5.08. The largest absolute Gasteiger partial charge is 0.298 e. The van der Waals surface area contributed by atoms with Crippen LogP contribution in [0.5, 0.6) is 0 Å². The number of aryl methyl sites for hydroxylation is 2. The van der Waals surface area contributed by atoms with Gasteiger partial charge in [0.1, 0.15) is 0 Å². The highest BCUT2D eigenvalue weighted by Crippen LogP contribution is 2.29. The monoisotopic (exact) mass is 483 g/mol. The average Bonchev–Trinajstić information content (AvgIpc) is 3.27. The minimum atomic E-state index is -3.58. The maximum Gasteiger partial charge on any atom is 0.257 e. The van der Waals surface area contributed by atoms with Gasteiger partial charge >= 0.3 is 0 Å². The van der Waals surface area contributed by atoms with Crippen LogP contribution >= 0.6 is 11.3 Å². The summed E-state index contributed by atoms with van der Waals surface area (Å²) in [6, 6.07) is 12.3. The summed E-state index contributed by atoms with van der Waals surface area (Å²) in [7, 11) is -1.93. The van der Waals surface area contributed by atoms with E-state index in [0.717, 1.165) is 42.5 Å². The van der Waals surface area contributed by atoms with Crippen molar-refractivity contribution in [2.75, 3.05) is 12.4 Å². The van der Waals surface area contributed by atoms with Gasteiger partial charge in [0, 0.05) is 29.6 Å². The Morgan fingerprint density at radius 1 is 1.06 bits per heavy atom. The molecule has 1 N–H and O–H groups in total. The summed E-state index contributed by atoms with van der Waals surface area (Å²) in [4.78, 5) is 17.5. The van der Waals surface area contributed by atoms with E-state index >= 15 is 0 Å². The lowest BCUT2D eigenvalue weighted by Crippen LogP contribution is -2.38. The Balaban J connectivity index is 1.45. The van der Waals surface area contributed by atoms with Gasteiger partial charge in [-0.15, -0.1) is 11.3 Å². The normalized spacial score (nSPS) is 15.0. The van der Waals surface area contributed by atoms with E-state index in [9.17, 15) is 13.2 Å². The van der Waals surface area contributed by atoms with Gasteiger partial charge in [0.15, 0.2) is 5.13 Å². The molecule has 1 aliphatic rings. The lowest BCUT2D eigenvalue weighted by Gasteiger charge is -2.30. The molecule has 1 saturated carbocycles. The zero-order valence-corrected chi connectivity index (χ0v) is 20.8. The topological polar surface area (TPSA) is 79.4 Å². The Hall–Kier alpha value is -2.55.